The lowest BCUT2D eigenvalue weighted by Gasteiger charge is -2.13. The number of ether oxygens (including phenoxy) is 1. The first kappa shape index (κ1) is 14.8. The number of rotatable bonds is 3. The normalized spacial score (nSPS) is 11.5. The maximum Gasteiger partial charge on any atom is 0.182 e. The highest BCUT2D eigenvalue weighted by Gasteiger charge is 2.21. The average Bonchev–Trinajstić information content (AvgIpc) is 3.17. The number of nitrogens with one attached hydrogen (secondary N) is 1. The summed E-state index contributed by atoms with van der Waals surface area (Å²) in [6.07, 6.45) is 1.66. The lowest BCUT2D eigenvalue weighted by Crippen LogP contribution is -2.00. The molecular formula is C16H14FN5OS. The summed E-state index contributed by atoms with van der Waals surface area (Å²) in [5, 5.41) is 8.09. The number of fused-ring (bicyclic) bond motifs is 2. The predicted octanol–water partition coefficient (Wildman–Crippen LogP) is 3.66. The molecule has 0 aliphatic rings. The first-order valence-electron chi connectivity index (χ1n) is 7.41. The zero-order valence-electron chi connectivity index (χ0n) is 13.1. The number of nitrogen functional groups attached to an aromatic ring is 1. The molecule has 3 N–H and O–H groups in total. The topological polar surface area (TPSA) is 89.7 Å². The first-order chi connectivity index (χ1) is 11.6. The molecule has 0 bridgehead atoms. The molecule has 4 rings (SSSR count). The molecule has 3 aromatic heterocycles. The molecule has 0 saturated carbocycles. The van der Waals surface area contributed by atoms with E-state index in [0.717, 1.165) is 15.7 Å². The Kier molecular flexibility index (Phi) is 3.34. The van der Waals surface area contributed by atoms with E-state index < -0.39 is 5.82 Å². The largest absolute Gasteiger partial charge is 0.489 e. The van der Waals surface area contributed by atoms with Crippen LogP contribution < -0.4 is 10.5 Å². The van der Waals surface area contributed by atoms with Crippen LogP contribution in [0.3, 0.4) is 0 Å². The summed E-state index contributed by atoms with van der Waals surface area (Å²) < 4.78 is 20.3. The molecule has 0 aliphatic heterocycles. The Bertz CT molecular complexity index is 1070. The van der Waals surface area contributed by atoms with Gasteiger partial charge in [-0.15, -0.1) is 0 Å². The van der Waals surface area contributed by atoms with Gasteiger partial charge in [0.15, 0.2) is 16.7 Å². The molecule has 1 aromatic carbocycles. The second-order valence-electron chi connectivity index (χ2n) is 5.31. The van der Waals surface area contributed by atoms with Crippen LogP contribution in [0.1, 0.15) is 12.5 Å². The molecule has 6 nitrogen and oxygen atoms in total. The number of aromatic nitrogens is 4. The van der Waals surface area contributed by atoms with Gasteiger partial charge in [-0.3, -0.25) is 5.10 Å². The van der Waals surface area contributed by atoms with E-state index in [1.807, 2.05) is 19.1 Å². The van der Waals surface area contributed by atoms with Gasteiger partial charge in [0, 0.05) is 10.9 Å². The van der Waals surface area contributed by atoms with Crippen LogP contribution in [0.2, 0.25) is 0 Å². The van der Waals surface area contributed by atoms with Gasteiger partial charge in [-0.05, 0) is 31.5 Å². The third-order valence-electron chi connectivity index (χ3n) is 3.86. The third kappa shape index (κ3) is 2.10. The highest BCUT2D eigenvalue weighted by atomic mass is 32.1. The van der Waals surface area contributed by atoms with Crippen molar-refractivity contribution in [3.8, 4) is 17.0 Å². The summed E-state index contributed by atoms with van der Waals surface area (Å²) in [5.74, 6) is -0.219. The van der Waals surface area contributed by atoms with Crippen molar-refractivity contribution in [1.29, 1.82) is 0 Å². The maximum atomic E-state index is 14.8. The van der Waals surface area contributed by atoms with E-state index in [0.29, 0.717) is 34.1 Å². The molecule has 3 heterocycles. The number of hydrogen-bond donors (Lipinski definition) is 2. The first-order valence-corrected chi connectivity index (χ1v) is 8.23. The quantitative estimate of drug-likeness (QED) is 0.592. The number of H-pyrrole nitrogens is 1. The maximum absolute atomic E-state index is 14.8. The number of anilines is 1. The van der Waals surface area contributed by atoms with E-state index >= 15 is 0 Å². The minimum Gasteiger partial charge on any atom is -0.489 e. The molecule has 0 spiro atoms. The van der Waals surface area contributed by atoms with Gasteiger partial charge in [0.1, 0.15) is 15.9 Å². The minimum atomic E-state index is -0.408. The summed E-state index contributed by atoms with van der Waals surface area (Å²) in [5.41, 5.74) is 8.80. The second kappa shape index (κ2) is 5.41. The Morgan fingerprint density at radius 3 is 2.96 bits per heavy atom. The van der Waals surface area contributed by atoms with Crippen molar-refractivity contribution in [3.63, 3.8) is 0 Å². The van der Waals surface area contributed by atoms with Crippen LogP contribution >= 0.6 is 11.3 Å². The molecular weight excluding hydrogens is 329 g/mol. The van der Waals surface area contributed by atoms with Gasteiger partial charge in [-0.25, -0.2) is 14.4 Å². The van der Waals surface area contributed by atoms with Crippen molar-refractivity contribution < 1.29 is 9.13 Å². The van der Waals surface area contributed by atoms with Crippen molar-refractivity contribution in [2.45, 2.75) is 13.8 Å². The van der Waals surface area contributed by atoms with Crippen molar-refractivity contribution in [2.75, 3.05) is 12.3 Å². The summed E-state index contributed by atoms with van der Waals surface area (Å²) in [6, 6.07) is 3.65. The van der Waals surface area contributed by atoms with Crippen LogP contribution in [0.5, 0.6) is 5.75 Å². The summed E-state index contributed by atoms with van der Waals surface area (Å²) in [4.78, 5) is 9.52. The van der Waals surface area contributed by atoms with E-state index in [1.165, 1.54) is 11.3 Å². The van der Waals surface area contributed by atoms with E-state index in [-0.39, 0.29) is 5.75 Å². The van der Waals surface area contributed by atoms with Crippen LogP contribution in [-0.4, -0.2) is 26.8 Å². The fraction of sp³-hybridized carbons (Fsp3) is 0.188. The SMILES string of the molecule is CCOc1c(F)c(C)c(-c2ccc3nc(N)sc3n2)c2cn[nH]c12. The Morgan fingerprint density at radius 2 is 2.17 bits per heavy atom. The van der Waals surface area contributed by atoms with E-state index in [9.17, 15) is 4.39 Å². The van der Waals surface area contributed by atoms with Gasteiger partial charge in [-0.1, -0.05) is 11.3 Å². The number of hydrogen-bond acceptors (Lipinski definition) is 6. The van der Waals surface area contributed by atoms with Crippen molar-refractivity contribution in [1.82, 2.24) is 20.2 Å². The van der Waals surface area contributed by atoms with Crippen LogP contribution in [-0.2, 0) is 0 Å². The molecule has 24 heavy (non-hydrogen) atoms. The number of nitrogens with two attached hydrogens (primary N) is 1. The van der Waals surface area contributed by atoms with Crippen LogP contribution in [0.25, 0.3) is 32.5 Å². The Morgan fingerprint density at radius 1 is 1.33 bits per heavy atom. The van der Waals surface area contributed by atoms with Crippen LogP contribution in [0.15, 0.2) is 18.3 Å². The standard InChI is InChI=1S/C16H14FN5OS/c1-3-23-14-12(17)7(2)11(8-6-19-22-13(8)14)9-4-5-10-15(20-9)24-16(18)21-10/h4-6H,3H2,1-2H3,(H2,18,21)(H,19,22). The van der Waals surface area contributed by atoms with Crippen molar-refractivity contribution in [2.24, 2.45) is 0 Å². The lowest BCUT2D eigenvalue weighted by atomic mass is 9.99. The van der Waals surface area contributed by atoms with Crippen molar-refractivity contribution >= 4 is 37.7 Å². The molecule has 0 amide bonds. The fourth-order valence-corrected chi connectivity index (χ4v) is 3.53. The van der Waals surface area contributed by atoms with Gasteiger partial charge in [-0.2, -0.15) is 5.10 Å². The van der Waals surface area contributed by atoms with E-state index in [1.54, 1.807) is 13.1 Å². The van der Waals surface area contributed by atoms with Gasteiger partial charge in [0.25, 0.3) is 0 Å². The monoisotopic (exact) mass is 343 g/mol. The molecule has 8 heteroatoms. The highest BCUT2D eigenvalue weighted by molar-refractivity contribution is 7.21. The smallest absolute Gasteiger partial charge is 0.182 e. The number of pyridine rings is 1. The number of nitrogens with zero attached hydrogens (tertiary/aromatic N) is 3. The van der Waals surface area contributed by atoms with E-state index in [4.69, 9.17) is 10.5 Å². The number of thiazole rings is 1. The molecule has 0 radical (unpaired) electrons. The minimum absolute atomic E-state index is 0.189. The lowest BCUT2D eigenvalue weighted by molar-refractivity contribution is 0.324. The van der Waals surface area contributed by atoms with E-state index in [2.05, 4.69) is 20.2 Å². The zero-order valence-corrected chi connectivity index (χ0v) is 13.9. The number of benzene rings is 1. The summed E-state index contributed by atoms with van der Waals surface area (Å²) >= 11 is 1.30. The Balaban J connectivity index is 2.03. The van der Waals surface area contributed by atoms with Gasteiger partial charge >= 0.3 is 0 Å². The molecule has 0 aliphatic carbocycles. The predicted molar refractivity (Wildman–Crippen MR) is 92.8 cm³/mol. The fourth-order valence-electron chi connectivity index (χ4n) is 2.82. The molecule has 0 atom stereocenters. The Labute approximate surface area is 140 Å². The molecule has 122 valence electrons. The third-order valence-corrected chi connectivity index (χ3v) is 4.65. The van der Waals surface area contributed by atoms with Gasteiger partial charge < -0.3 is 10.5 Å². The molecule has 0 unspecified atom stereocenters. The second-order valence-corrected chi connectivity index (χ2v) is 6.32. The molecule has 4 aromatic rings. The van der Waals surface area contributed by atoms with Gasteiger partial charge in [0.05, 0.1) is 18.5 Å². The molecule has 0 saturated heterocycles. The summed E-state index contributed by atoms with van der Waals surface area (Å²) in [6.45, 7) is 3.90. The van der Waals surface area contributed by atoms with Crippen LogP contribution in [0, 0.1) is 12.7 Å². The summed E-state index contributed by atoms with van der Waals surface area (Å²) in [7, 11) is 0. The molecule has 0 fully saturated rings. The number of halogens is 1. The van der Waals surface area contributed by atoms with Crippen LogP contribution in [0.4, 0.5) is 9.52 Å². The zero-order chi connectivity index (χ0) is 16.8. The highest BCUT2D eigenvalue weighted by Crippen LogP contribution is 2.39. The Hall–Kier alpha value is -2.74. The van der Waals surface area contributed by atoms with Gasteiger partial charge in [0.2, 0.25) is 0 Å². The average molecular weight is 343 g/mol. The van der Waals surface area contributed by atoms with Crippen molar-refractivity contribution in [3.05, 3.63) is 29.7 Å². The number of aromatic amines is 1.